The van der Waals surface area contributed by atoms with Crippen molar-refractivity contribution < 1.29 is 24.2 Å². The van der Waals surface area contributed by atoms with Crippen LogP contribution in [0.2, 0.25) is 0 Å². The van der Waals surface area contributed by atoms with E-state index < -0.39 is 12.1 Å². The summed E-state index contributed by atoms with van der Waals surface area (Å²) in [7, 11) is 1.62. The van der Waals surface area contributed by atoms with E-state index in [-0.39, 0.29) is 18.2 Å². The Morgan fingerprint density at radius 3 is 2.70 bits per heavy atom. The second-order valence-corrected chi connectivity index (χ2v) is 5.83. The number of rotatable bonds is 6. The summed E-state index contributed by atoms with van der Waals surface area (Å²) in [5.74, 6) is -0.237. The van der Waals surface area contributed by atoms with Crippen LogP contribution in [0.1, 0.15) is 18.9 Å². The number of hydrogen-bond acceptors (Lipinski definition) is 4. The number of carbonyl (C=O) groups is 2. The predicted octanol–water partition coefficient (Wildman–Crippen LogP) is 1.58. The van der Waals surface area contributed by atoms with Crippen LogP contribution in [0.4, 0.5) is 0 Å². The first-order chi connectivity index (χ1) is 11.0. The van der Waals surface area contributed by atoms with Crippen LogP contribution in [0.5, 0.6) is 5.75 Å². The van der Waals surface area contributed by atoms with Crippen molar-refractivity contribution in [3.05, 3.63) is 29.8 Å². The van der Waals surface area contributed by atoms with Crippen molar-refractivity contribution in [2.75, 3.05) is 26.8 Å². The van der Waals surface area contributed by atoms with E-state index in [2.05, 4.69) is 0 Å². The standard InChI is InChI=1S/C17H23NO5/c1-12(9-13-3-5-14(22-2)6-4-13)17(21)18-7-8-23-15(11-18)10-16(19)20/h3-6,12,15H,7-11H2,1-2H3,(H,19,20). The Morgan fingerprint density at radius 2 is 2.09 bits per heavy atom. The van der Waals surface area contributed by atoms with E-state index in [0.717, 1.165) is 11.3 Å². The lowest BCUT2D eigenvalue weighted by atomic mass is 9.99. The van der Waals surface area contributed by atoms with Crippen LogP contribution in [0, 0.1) is 5.92 Å². The van der Waals surface area contributed by atoms with Crippen LogP contribution in [0.25, 0.3) is 0 Å². The Balaban J connectivity index is 1.91. The third-order valence-corrected chi connectivity index (χ3v) is 3.98. The molecule has 6 nitrogen and oxygen atoms in total. The first kappa shape index (κ1) is 17.3. The number of morpholine rings is 1. The molecule has 1 saturated heterocycles. The topological polar surface area (TPSA) is 76.1 Å². The maximum absolute atomic E-state index is 12.6. The fourth-order valence-electron chi connectivity index (χ4n) is 2.75. The molecule has 0 aliphatic carbocycles. The summed E-state index contributed by atoms with van der Waals surface area (Å²) in [6, 6.07) is 7.67. The van der Waals surface area contributed by atoms with Gasteiger partial charge >= 0.3 is 5.97 Å². The van der Waals surface area contributed by atoms with Gasteiger partial charge in [0.2, 0.25) is 5.91 Å². The van der Waals surface area contributed by atoms with Crippen LogP contribution in [-0.4, -0.2) is 54.8 Å². The van der Waals surface area contributed by atoms with Gasteiger partial charge in [-0.05, 0) is 24.1 Å². The molecule has 6 heteroatoms. The highest BCUT2D eigenvalue weighted by Crippen LogP contribution is 2.18. The Kier molecular flexibility index (Phi) is 5.98. The van der Waals surface area contributed by atoms with E-state index in [0.29, 0.717) is 26.1 Å². The second-order valence-electron chi connectivity index (χ2n) is 5.83. The van der Waals surface area contributed by atoms with E-state index in [1.807, 2.05) is 31.2 Å². The molecule has 23 heavy (non-hydrogen) atoms. The highest BCUT2D eigenvalue weighted by molar-refractivity contribution is 5.79. The van der Waals surface area contributed by atoms with Crippen molar-refractivity contribution in [1.29, 1.82) is 0 Å². The van der Waals surface area contributed by atoms with Crippen LogP contribution in [0.15, 0.2) is 24.3 Å². The predicted molar refractivity (Wildman–Crippen MR) is 84.4 cm³/mol. The lowest BCUT2D eigenvalue weighted by Crippen LogP contribution is -2.48. The smallest absolute Gasteiger partial charge is 0.306 e. The van der Waals surface area contributed by atoms with Crippen molar-refractivity contribution in [2.45, 2.75) is 25.9 Å². The van der Waals surface area contributed by atoms with E-state index in [1.165, 1.54) is 0 Å². The van der Waals surface area contributed by atoms with Gasteiger partial charge in [-0.25, -0.2) is 0 Å². The second kappa shape index (κ2) is 7.97. The van der Waals surface area contributed by atoms with Gasteiger partial charge in [-0.15, -0.1) is 0 Å². The Bertz CT molecular complexity index is 542. The first-order valence-corrected chi connectivity index (χ1v) is 7.74. The number of carboxylic acid groups (broad SMARTS) is 1. The molecule has 1 aromatic rings. The van der Waals surface area contributed by atoms with Crippen LogP contribution in [-0.2, 0) is 20.7 Å². The molecule has 2 unspecified atom stereocenters. The zero-order valence-corrected chi connectivity index (χ0v) is 13.5. The summed E-state index contributed by atoms with van der Waals surface area (Å²) in [4.78, 5) is 25.0. The van der Waals surface area contributed by atoms with E-state index >= 15 is 0 Å². The number of methoxy groups -OCH3 is 1. The molecule has 1 aromatic carbocycles. The minimum absolute atomic E-state index is 0.0412. The Hall–Kier alpha value is -2.08. The minimum Gasteiger partial charge on any atom is -0.497 e. The zero-order valence-electron chi connectivity index (χ0n) is 13.5. The molecule has 2 rings (SSSR count). The molecule has 1 aliphatic heterocycles. The molecule has 126 valence electrons. The van der Waals surface area contributed by atoms with Gasteiger partial charge in [-0.2, -0.15) is 0 Å². The summed E-state index contributed by atoms with van der Waals surface area (Å²) < 4.78 is 10.5. The molecule has 0 aromatic heterocycles. The normalized spacial score (nSPS) is 19.2. The van der Waals surface area contributed by atoms with Gasteiger partial charge in [0.1, 0.15) is 5.75 Å². The SMILES string of the molecule is COc1ccc(CC(C)C(=O)N2CCOC(CC(=O)O)C2)cc1. The number of aliphatic carboxylic acids is 1. The van der Waals surface area contributed by atoms with Crippen molar-refractivity contribution in [3.63, 3.8) is 0 Å². The molecule has 0 radical (unpaired) electrons. The quantitative estimate of drug-likeness (QED) is 0.861. The number of carbonyl (C=O) groups excluding carboxylic acids is 1. The van der Waals surface area contributed by atoms with E-state index in [9.17, 15) is 9.59 Å². The van der Waals surface area contributed by atoms with Gasteiger partial charge < -0.3 is 19.5 Å². The van der Waals surface area contributed by atoms with Crippen molar-refractivity contribution >= 4 is 11.9 Å². The van der Waals surface area contributed by atoms with Gasteiger partial charge in [0.15, 0.2) is 0 Å². The highest BCUT2D eigenvalue weighted by Gasteiger charge is 2.28. The van der Waals surface area contributed by atoms with E-state index in [1.54, 1.807) is 12.0 Å². The third-order valence-electron chi connectivity index (χ3n) is 3.98. The third kappa shape index (κ3) is 4.96. The van der Waals surface area contributed by atoms with Crippen LogP contribution < -0.4 is 4.74 Å². The molecular weight excluding hydrogens is 298 g/mol. The maximum Gasteiger partial charge on any atom is 0.306 e. The van der Waals surface area contributed by atoms with Crippen LogP contribution >= 0.6 is 0 Å². The average molecular weight is 321 g/mol. The molecule has 0 saturated carbocycles. The lowest BCUT2D eigenvalue weighted by molar-refractivity contribution is -0.149. The minimum atomic E-state index is -0.907. The highest BCUT2D eigenvalue weighted by atomic mass is 16.5. The molecular formula is C17H23NO5. The number of hydrogen-bond donors (Lipinski definition) is 1. The fraction of sp³-hybridized carbons (Fsp3) is 0.529. The zero-order chi connectivity index (χ0) is 16.8. The Labute approximate surface area is 136 Å². The summed E-state index contributed by atoms with van der Waals surface area (Å²) in [5.41, 5.74) is 1.07. The van der Waals surface area contributed by atoms with Gasteiger partial charge in [-0.3, -0.25) is 9.59 Å². The molecule has 1 heterocycles. The number of nitrogens with zero attached hydrogens (tertiary/aromatic N) is 1. The van der Waals surface area contributed by atoms with Gasteiger partial charge in [0.05, 0.1) is 26.2 Å². The fourth-order valence-corrected chi connectivity index (χ4v) is 2.75. The molecule has 1 N–H and O–H groups in total. The lowest BCUT2D eigenvalue weighted by Gasteiger charge is -2.34. The number of ether oxygens (including phenoxy) is 2. The van der Waals surface area contributed by atoms with Crippen molar-refractivity contribution in [1.82, 2.24) is 4.90 Å². The van der Waals surface area contributed by atoms with Crippen molar-refractivity contribution in [3.8, 4) is 5.75 Å². The monoisotopic (exact) mass is 321 g/mol. The largest absolute Gasteiger partial charge is 0.497 e. The van der Waals surface area contributed by atoms with Gasteiger partial charge in [-0.1, -0.05) is 19.1 Å². The molecule has 1 aliphatic rings. The molecule has 0 bridgehead atoms. The number of amides is 1. The van der Waals surface area contributed by atoms with Gasteiger partial charge in [0.25, 0.3) is 0 Å². The number of benzene rings is 1. The molecule has 2 atom stereocenters. The Morgan fingerprint density at radius 1 is 1.39 bits per heavy atom. The molecule has 1 amide bonds. The van der Waals surface area contributed by atoms with E-state index in [4.69, 9.17) is 14.6 Å². The maximum atomic E-state index is 12.6. The summed E-state index contributed by atoms with van der Waals surface area (Å²) in [6.07, 6.45) is 0.152. The number of carboxylic acids is 1. The average Bonchev–Trinajstić information content (AvgIpc) is 2.54. The van der Waals surface area contributed by atoms with Crippen molar-refractivity contribution in [2.24, 2.45) is 5.92 Å². The van der Waals surface area contributed by atoms with Gasteiger partial charge in [0, 0.05) is 19.0 Å². The summed E-state index contributed by atoms with van der Waals surface area (Å²) in [5, 5.41) is 8.84. The first-order valence-electron chi connectivity index (χ1n) is 7.74. The molecule has 1 fully saturated rings. The molecule has 0 spiro atoms. The summed E-state index contributed by atoms with van der Waals surface area (Å²) in [6.45, 7) is 3.15. The van der Waals surface area contributed by atoms with Crippen LogP contribution in [0.3, 0.4) is 0 Å². The summed E-state index contributed by atoms with van der Waals surface area (Å²) >= 11 is 0.